The Morgan fingerprint density at radius 3 is 2.31 bits per heavy atom. The van der Waals surface area contributed by atoms with Crippen LogP contribution in [0.3, 0.4) is 0 Å². The van der Waals surface area contributed by atoms with Crippen molar-refractivity contribution < 1.29 is 40.2 Å². The van der Waals surface area contributed by atoms with Crippen LogP contribution in [0.5, 0.6) is 11.5 Å². The largest absolute Gasteiger partial charge is 0.493 e. The molecule has 0 spiro atoms. The molecule has 5 nitrogen and oxygen atoms in total. The number of methoxy groups -OCH3 is 1. The molecule has 0 fully saturated rings. The van der Waals surface area contributed by atoms with Crippen molar-refractivity contribution in [1.29, 1.82) is 5.26 Å². The normalized spacial score (nSPS) is 12.8. The minimum atomic E-state index is -6.47. The van der Waals surface area contributed by atoms with Crippen molar-refractivity contribution in [3.8, 4) is 17.6 Å². The van der Waals surface area contributed by atoms with Crippen LogP contribution in [0.2, 0.25) is 0 Å². The molecule has 1 aromatic rings. The van der Waals surface area contributed by atoms with Gasteiger partial charge in [-0.05, 0) is 28.1 Å². The fourth-order valence-electron chi connectivity index (χ4n) is 1.46. The summed E-state index contributed by atoms with van der Waals surface area (Å²) in [6.45, 7) is -0.323. The van der Waals surface area contributed by atoms with Gasteiger partial charge in [-0.25, -0.2) is 5.43 Å². The Hall–Kier alpha value is -2.23. The summed E-state index contributed by atoms with van der Waals surface area (Å²) in [7, 11) is 1.22. The van der Waals surface area contributed by atoms with Gasteiger partial charge in [-0.2, -0.15) is 41.1 Å². The molecular weight excluding hydrogens is 443 g/mol. The number of alkyl halides is 7. The maximum atomic E-state index is 13.1. The van der Waals surface area contributed by atoms with Gasteiger partial charge in [-0.15, -0.1) is 0 Å². The van der Waals surface area contributed by atoms with Crippen molar-refractivity contribution in [3.05, 3.63) is 22.2 Å². The molecule has 1 N–H and O–H groups in total. The van der Waals surface area contributed by atoms with Gasteiger partial charge in [0, 0.05) is 10.0 Å². The molecule has 0 saturated carbocycles. The number of hydrogen-bond acceptors (Lipinski definition) is 5. The molecular formula is C13H9BrF7N3O2. The van der Waals surface area contributed by atoms with E-state index in [9.17, 15) is 30.7 Å². The first-order valence-electron chi connectivity index (χ1n) is 6.37. The highest BCUT2D eigenvalue weighted by Crippen LogP contribution is 2.45. The van der Waals surface area contributed by atoms with E-state index in [0.29, 0.717) is 11.6 Å². The van der Waals surface area contributed by atoms with Crippen LogP contribution in [0.25, 0.3) is 0 Å². The number of ether oxygens (including phenoxy) is 2. The Bertz CT molecular complexity index is 717. The van der Waals surface area contributed by atoms with E-state index in [1.54, 1.807) is 6.07 Å². The number of nitriles is 1. The molecule has 0 radical (unpaired) electrons. The van der Waals surface area contributed by atoms with E-state index in [4.69, 9.17) is 14.7 Å². The lowest BCUT2D eigenvalue weighted by atomic mass is 10.2. The average molecular weight is 452 g/mol. The summed E-state index contributed by atoms with van der Waals surface area (Å²) in [4.78, 5) is 0. The Morgan fingerprint density at radius 1 is 1.19 bits per heavy atom. The highest BCUT2D eigenvalue weighted by atomic mass is 79.9. The van der Waals surface area contributed by atoms with Crippen LogP contribution in [-0.4, -0.2) is 38.1 Å². The van der Waals surface area contributed by atoms with Gasteiger partial charge in [0.25, 0.3) is 0 Å². The van der Waals surface area contributed by atoms with Crippen molar-refractivity contribution in [2.45, 2.75) is 18.1 Å². The van der Waals surface area contributed by atoms with Gasteiger partial charge in [-0.3, -0.25) is 0 Å². The molecule has 0 atom stereocenters. The summed E-state index contributed by atoms with van der Waals surface area (Å²) in [5.41, 5.74) is 0.489. The summed E-state index contributed by atoms with van der Waals surface area (Å²) in [6, 6.07) is -1.54. The summed E-state index contributed by atoms with van der Waals surface area (Å²) in [6.07, 6.45) is -5.90. The van der Waals surface area contributed by atoms with Gasteiger partial charge in [0.1, 0.15) is 6.07 Å². The van der Waals surface area contributed by atoms with E-state index in [0.717, 1.165) is 0 Å². The van der Waals surface area contributed by atoms with Gasteiger partial charge < -0.3 is 9.47 Å². The number of benzene rings is 1. The van der Waals surface area contributed by atoms with E-state index in [2.05, 4.69) is 21.0 Å². The van der Waals surface area contributed by atoms with Crippen LogP contribution in [0, 0.1) is 11.3 Å². The number of nitrogens with zero attached hydrogens (tertiary/aromatic N) is 2. The second-order valence-electron chi connectivity index (χ2n) is 4.49. The maximum Gasteiger partial charge on any atom is 0.462 e. The number of rotatable bonds is 7. The molecule has 0 amide bonds. The van der Waals surface area contributed by atoms with E-state index in [1.807, 2.05) is 0 Å². The number of hydrogen-bond donors (Lipinski definition) is 1. The molecule has 0 heterocycles. The molecule has 0 aliphatic heterocycles. The summed E-state index contributed by atoms with van der Waals surface area (Å²) in [5, 5.41) is 11.2. The van der Waals surface area contributed by atoms with E-state index >= 15 is 0 Å². The molecule has 0 aromatic heterocycles. The fraction of sp³-hybridized carbons (Fsp3) is 0.385. The van der Waals surface area contributed by atoms with Gasteiger partial charge in [0.2, 0.25) is 0 Å². The van der Waals surface area contributed by atoms with Crippen molar-refractivity contribution in [2.24, 2.45) is 5.10 Å². The second-order valence-corrected chi connectivity index (χ2v) is 5.34. The van der Waals surface area contributed by atoms with Gasteiger partial charge in [0.15, 0.2) is 18.1 Å². The SMILES string of the molecule is COc1cc(/C=N/NC(F)(F)C(F)(F)C(F)(F)F)c(Br)cc1OCC#N. The van der Waals surface area contributed by atoms with Gasteiger partial charge in [0.05, 0.1) is 13.3 Å². The standard InChI is InChI=1S/C13H9BrF7N3O2/c1-25-9-4-7(8(14)5-10(9)26-3-2-22)6-23-24-13(20,21)11(15,16)12(17,18)19/h4-6,24H,3H2,1H3/b23-6+. The zero-order chi connectivity index (χ0) is 20.2. The van der Waals surface area contributed by atoms with Crippen molar-refractivity contribution >= 4 is 22.1 Å². The number of hydrazone groups is 1. The van der Waals surface area contributed by atoms with Gasteiger partial charge in [-0.1, -0.05) is 0 Å². The zero-order valence-corrected chi connectivity index (χ0v) is 14.3. The molecule has 13 heteroatoms. The first-order chi connectivity index (χ1) is 11.9. The monoisotopic (exact) mass is 451 g/mol. The van der Waals surface area contributed by atoms with Crippen LogP contribution < -0.4 is 14.9 Å². The third kappa shape index (κ3) is 4.69. The van der Waals surface area contributed by atoms with Crippen LogP contribution in [0.15, 0.2) is 21.7 Å². The fourth-order valence-corrected chi connectivity index (χ4v) is 1.89. The highest BCUT2D eigenvalue weighted by Gasteiger charge is 2.73. The average Bonchev–Trinajstić information content (AvgIpc) is 2.53. The van der Waals surface area contributed by atoms with Crippen molar-refractivity contribution in [2.75, 3.05) is 13.7 Å². The van der Waals surface area contributed by atoms with Crippen LogP contribution in [0.4, 0.5) is 30.7 Å². The lowest BCUT2D eigenvalue weighted by molar-refractivity contribution is -0.361. The summed E-state index contributed by atoms with van der Waals surface area (Å²) in [5.74, 6) is -6.20. The van der Waals surface area contributed by atoms with Crippen LogP contribution in [-0.2, 0) is 0 Å². The summed E-state index contributed by atoms with van der Waals surface area (Å²) < 4.78 is 97.7. The Balaban J connectivity index is 3.03. The minimum absolute atomic E-state index is 0.00946. The number of nitrogens with one attached hydrogen (secondary N) is 1. The smallest absolute Gasteiger partial charge is 0.462 e. The Morgan fingerprint density at radius 2 is 1.81 bits per heavy atom. The molecule has 0 saturated heterocycles. The predicted octanol–water partition coefficient (Wildman–Crippen LogP) is 4.07. The van der Waals surface area contributed by atoms with Crippen LogP contribution in [0.1, 0.15) is 5.56 Å². The third-order valence-corrected chi connectivity index (χ3v) is 3.42. The highest BCUT2D eigenvalue weighted by molar-refractivity contribution is 9.10. The topological polar surface area (TPSA) is 66.6 Å². The molecule has 1 rings (SSSR count). The zero-order valence-electron chi connectivity index (χ0n) is 12.7. The van der Waals surface area contributed by atoms with Crippen molar-refractivity contribution in [1.82, 2.24) is 5.43 Å². The third-order valence-electron chi connectivity index (χ3n) is 2.73. The Labute approximate surface area is 150 Å². The minimum Gasteiger partial charge on any atom is -0.493 e. The molecule has 1 aromatic carbocycles. The van der Waals surface area contributed by atoms with E-state index in [-0.39, 0.29) is 28.1 Å². The molecule has 0 bridgehead atoms. The molecule has 144 valence electrons. The van der Waals surface area contributed by atoms with Crippen molar-refractivity contribution in [3.63, 3.8) is 0 Å². The van der Waals surface area contributed by atoms with Crippen LogP contribution >= 0.6 is 15.9 Å². The second kappa shape index (κ2) is 7.98. The quantitative estimate of drug-likeness (QED) is 0.293. The molecule has 0 unspecified atom stereocenters. The lowest BCUT2D eigenvalue weighted by Crippen LogP contribution is -2.58. The number of halogens is 8. The van der Waals surface area contributed by atoms with E-state index < -0.39 is 18.1 Å². The molecule has 0 aliphatic carbocycles. The molecule has 0 aliphatic rings. The predicted molar refractivity (Wildman–Crippen MR) is 78.5 cm³/mol. The maximum absolute atomic E-state index is 13.1. The lowest BCUT2D eigenvalue weighted by Gasteiger charge is -2.27. The van der Waals surface area contributed by atoms with Gasteiger partial charge >= 0.3 is 18.1 Å². The Kier molecular flexibility index (Phi) is 6.70. The first-order valence-corrected chi connectivity index (χ1v) is 7.16. The first kappa shape index (κ1) is 21.8. The summed E-state index contributed by atoms with van der Waals surface area (Å²) >= 11 is 3.00. The molecule has 26 heavy (non-hydrogen) atoms. The van der Waals surface area contributed by atoms with E-state index in [1.165, 1.54) is 19.2 Å².